The fourth-order valence-electron chi connectivity index (χ4n) is 3.12. The smallest absolute Gasteiger partial charge is 0.257 e. The molecule has 0 saturated carbocycles. The van der Waals surface area contributed by atoms with Gasteiger partial charge in [0.1, 0.15) is 5.82 Å². The van der Waals surface area contributed by atoms with E-state index in [4.69, 9.17) is 11.6 Å². The average Bonchev–Trinajstić information content (AvgIpc) is 3.20. The van der Waals surface area contributed by atoms with Crippen LogP contribution in [-0.4, -0.2) is 32.3 Å². The number of carbonyl (C=O) groups is 2. The Kier molecular flexibility index (Phi) is 7.24. The van der Waals surface area contributed by atoms with Crippen molar-refractivity contribution in [2.75, 3.05) is 16.4 Å². The third-order valence-corrected chi connectivity index (χ3v) is 6.18. The van der Waals surface area contributed by atoms with Gasteiger partial charge in [0.2, 0.25) is 5.91 Å². The van der Waals surface area contributed by atoms with Crippen molar-refractivity contribution in [3.05, 3.63) is 89.2 Å². The van der Waals surface area contributed by atoms with Crippen molar-refractivity contribution in [3.8, 4) is 11.4 Å². The van der Waals surface area contributed by atoms with Crippen molar-refractivity contribution >= 4 is 46.6 Å². The second-order valence-electron chi connectivity index (χ2n) is 7.19. The summed E-state index contributed by atoms with van der Waals surface area (Å²) in [7, 11) is 1.79. The van der Waals surface area contributed by atoms with E-state index >= 15 is 0 Å². The maximum atomic E-state index is 13.7. The number of halogens is 2. The van der Waals surface area contributed by atoms with Gasteiger partial charge in [0, 0.05) is 18.3 Å². The first-order valence-corrected chi connectivity index (χ1v) is 11.5. The van der Waals surface area contributed by atoms with Gasteiger partial charge in [0.05, 0.1) is 22.0 Å². The molecule has 0 bridgehead atoms. The second kappa shape index (κ2) is 10.5. The first kappa shape index (κ1) is 23.5. The van der Waals surface area contributed by atoms with Crippen LogP contribution in [0.4, 0.5) is 15.8 Å². The molecule has 0 aliphatic rings. The summed E-state index contributed by atoms with van der Waals surface area (Å²) < 4.78 is 15.5. The topological polar surface area (TPSA) is 88.9 Å². The number of nitrogens with one attached hydrogen (secondary N) is 2. The predicted octanol–water partition coefficient (Wildman–Crippen LogP) is 5.26. The zero-order valence-electron chi connectivity index (χ0n) is 18.0. The van der Waals surface area contributed by atoms with E-state index in [1.165, 1.54) is 23.9 Å². The first-order valence-electron chi connectivity index (χ1n) is 10.2. The number of anilines is 2. The molecule has 0 saturated heterocycles. The Labute approximate surface area is 204 Å². The van der Waals surface area contributed by atoms with Crippen molar-refractivity contribution in [2.45, 2.75) is 5.16 Å². The molecule has 3 aromatic carbocycles. The lowest BCUT2D eigenvalue weighted by Crippen LogP contribution is -2.15. The second-order valence-corrected chi connectivity index (χ2v) is 8.54. The summed E-state index contributed by atoms with van der Waals surface area (Å²) in [5.41, 5.74) is 1.92. The lowest BCUT2D eigenvalue weighted by atomic mass is 10.1. The van der Waals surface area contributed by atoms with Gasteiger partial charge in [0.15, 0.2) is 11.0 Å². The van der Waals surface area contributed by atoms with Gasteiger partial charge in [-0.25, -0.2) is 4.39 Å². The third-order valence-electron chi connectivity index (χ3n) is 4.83. The summed E-state index contributed by atoms with van der Waals surface area (Å²) >= 11 is 7.27. The van der Waals surface area contributed by atoms with Crippen molar-refractivity contribution < 1.29 is 14.0 Å². The molecule has 10 heteroatoms. The largest absolute Gasteiger partial charge is 0.323 e. The molecule has 1 heterocycles. The van der Waals surface area contributed by atoms with Crippen molar-refractivity contribution in [1.82, 2.24) is 14.8 Å². The molecular formula is C24H19ClFN5O2S. The number of rotatable bonds is 7. The van der Waals surface area contributed by atoms with Gasteiger partial charge in [-0.2, -0.15) is 0 Å². The van der Waals surface area contributed by atoms with E-state index in [-0.39, 0.29) is 23.3 Å². The van der Waals surface area contributed by atoms with E-state index in [1.54, 1.807) is 60.1 Å². The van der Waals surface area contributed by atoms with Crippen LogP contribution in [0.25, 0.3) is 11.4 Å². The van der Waals surface area contributed by atoms with Crippen LogP contribution < -0.4 is 10.6 Å². The number of nitrogens with zero attached hydrogens (tertiary/aromatic N) is 3. The predicted molar refractivity (Wildman–Crippen MR) is 132 cm³/mol. The normalized spacial score (nSPS) is 10.7. The molecule has 0 aliphatic carbocycles. The molecule has 4 rings (SSSR count). The zero-order chi connectivity index (χ0) is 24.1. The van der Waals surface area contributed by atoms with E-state index < -0.39 is 5.82 Å². The van der Waals surface area contributed by atoms with Gasteiger partial charge < -0.3 is 15.2 Å². The van der Waals surface area contributed by atoms with Gasteiger partial charge in [-0.05, 0) is 48.5 Å². The maximum Gasteiger partial charge on any atom is 0.257 e. The monoisotopic (exact) mass is 495 g/mol. The zero-order valence-corrected chi connectivity index (χ0v) is 19.5. The number of hydrogen-bond acceptors (Lipinski definition) is 5. The lowest BCUT2D eigenvalue weighted by Gasteiger charge is -2.08. The SMILES string of the molecule is Cn1c(SCC(=O)Nc2ccccc2F)nnc1-c1ccc(NC(=O)c2ccccc2Cl)cc1. The minimum atomic E-state index is -0.492. The molecule has 0 spiro atoms. The Morgan fingerprint density at radius 1 is 0.971 bits per heavy atom. The quantitative estimate of drug-likeness (QED) is 0.341. The Hall–Kier alpha value is -3.69. The van der Waals surface area contributed by atoms with Crippen molar-refractivity contribution in [2.24, 2.45) is 7.05 Å². The molecule has 172 valence electrons. The molecule has 0 unspecified atom stereocenters. The Bertz CT molecular complexity index is 1340. The highest BCUT2D eigenvalue weighted by molar-refractivity contribution is 7.99. The number of hydrogen-bond donors (Lipinski definition) is 2. The highest BCUT2D eigenvalue weighted by Gasteiger charge is 2.15. The third kappa shape index (κ3) is 5.44. The number of benzene rings is 3. The molecule has 1 aromatic heterocycles. The standard InChI is InChI=1S/C24H19ClFN5O2S/c1-31-22(29-30-24(31)34-14-21(32)28-20-9-5-4-8-19(20)26)15-10-12-16(13-11-15)27-23(33)17-6-2-3-7-18(17)25/h2-13H,14H2,1H3,(H,27,33)(H,28,32). The van der Waals surface area contributed by atoms with Crippen LogP contribution in [-0.2, 0) is 11.8 Å². The number of aromatic nitrogens is 3. The molecule has 0 fully saturated rings. The van der Waals surface area contributed by atoms with Crippen LogP contribution in [0.1, 0.15) is 10.4 Å². The van der Waals surface area contributed by atoms with E-state index in [0.29, 0.717) is 27.3 Å². The molecule has 0 radical (unpaired) electrons. The summed E-state index contributed by atoms with van der Waals surface area (Å²) in [6.45, 7) is 0. The number of para-hydroxylation sites is 1. The minimum absolute atomic E-state index is 0.0489. The van der Waals surface area contributed by atoms with Gasteiger partial charge >= 0.3 is 0 Å². The molecule has 2 N–H and O–H groups in total. The summed E-state index contributed by atoms with van der Waals surface area (Å²) in [6.07, 6.45) is 0. The maximum absolute atomic E-state index is 13.7. The summed E-state index contributed by atoms with van der Waals surface area (Å²) in [4.78, 5) is 24.6. The summed E-state index contributed by atoms with van der Waals surface area (Å²) in [5.74, 6) is -0.496. The molecule has 34 heavy (non-hydrogen) atoms. The van der Waals surface area contributed by atoms with Crippen LogP contribution in [0.3, 0.4) is 0 Å². The number of thioether (sulfide) groups is 1. The minimum Gasteiger partial charge on any atom is -0.323 e. The fourth-order valence-corrected chi connectivity index (χ4v) is 4.05. The van der Waals surface area contributed by atoms with Crippen LogP contribution in [0.2, 0.25) is 5.02 Å². The Balaban J connectivity index is 1.38. The van der Waals surface area contributed by atoms with Gasteiger partial charge in [0.25, 0.3) is 5.91 Å². The van der Waals surface area contributed by atoms with Crippen LogP contribution in [0, 0.1) is 5.82 Å². The van der Waals surface area contributed by atoms with Gasteiger partial charge in [-0.15, -0.1) is 10.2 Å². The lowest BCUT2D eigenvalue weighted by molar-refractivity contribution is -0.113. The number of carbonyl (C=O) groups excluding carboxylic acids is 2. The van der Waals surface area contributed by atoms with Crippen LogP contribution in [0.15, 0.2) is 78.0 Å². The molecule has 4 aromatic rings. The average molecular weight is 496 g/mol. The highest BCUT2D eigenvalue weighted by Crippen LogP contribution is 2.25. The summed E-state index contributed by atoms with van der Waals surface area (Å²) in [6, 6.07) is 19.9. The summed E-state index contributed by atoms with van der Waals surface area (Å²) in [5, 5.41) is 14.6. The van der Waals surface area contributed by atoms with Crippen molar-refractivity contribution in [3.63, 3.8) is 0 Å². The van der Waals surface area contributed by atoms with E-state index in [2.05, 4.69) is 20.8 Å². The molecule has 0 atom stereocenters. The van der Waals surface area contributed by atoms with E-state index in [1.807, 2.05) is 12.1 Å². The number of amides is 2. The van der Waals surface area contributed by atoms with E-state index in [0.717, 1.165) is 5.56 Å². The first-order chi connectivity index (χ1) is 16.4. The van der Waals surface area contributed by atoms with Crippen LogP contribution in [0.5, 0.6) is 0 Å². The molecule has 7 nitrogen and oxygen atoms in total. The molecule has 0 aliphatic heterocycles. The Morgan fingerprint density at radius 2 is 1.68 bits per heavy atom. The van der Waals surface area contributed by atoms with E-state index in [9.17, 15) is 14.0 Å². The molecular weight excluding hydrogens is 477 g/mol. The van der Waals surface area contributed by atoms with Crippen LogP contribution >= 0.6 is 23.4 Å². The van der Waals surface area contributed by atoms with Crippen molar-refractivity contribution in [1.29, 1.82) is 0 Å². The fraction of sp³-hybridized carbons (Fsp3) is 0.0833. The Morgan fingerprint density at radius 3 is 2.41 bits per heavy atom. The van der Waals surface area contributed by atoms with Gasteiger partial charge in [-0.1, -0.05) is 47.6 Å². The molecule has 2 amide bonds. The van der Waals surface area contributed by atoms with Gasteiger partial charge in [-0.3, -0.25) is 9.59 Å². The highest BCUT2D eigenvalue weighted by atomic mass is 35.5.